The van der Waals surface area contributed by atoms with E-state index in [-0.39, 0.29) is 18.6 Å². The molecule has 0 aliphatic carbocycles. The van der Waals surface area contributed by atoms with Crippen molar-refractivity contribution in [3.05, 3.63) is 29.8 Å². The van der Waals surface area contributed by atoms with Crippen molar-refractivity contribution >= 4 is 5.91 Å². The molecule has 3 N–H and O–H groups in total. The zero-order chi connectivity index (χ0) is 16.9. The first-order valence-corrected chi connectivity index (χ1v) is 8.84. The monoisotopic (exact) mass is 332 g/mol. The number of nitrogens with one attached hydrogen (secondary N) is 3. The lowest BCUT2D eigenvalue weighted by Gasteiger charge is -2.35. The van der Waals surface area contributed by atoms with Gasteiger partial charge in [-0.2, -0.15) is 0 Å². The average molecular weight is 332 g/mol. The van der Waals surface area contributed by atoms with Crippen LogP contribution in [-0.2, 0) is 4.79 Å². The lowest BCUT2D eigenvalue weighted by molar-refractivity contribution is -0.124. The summed E-state index contributed by atoms with van der Waals surface area (Å²) in [4.78, 5) is 14.6. The van der Waals surface area contributed by atoms with E-state index in [0.717, 1.165) is 43.7 Å². The lowest BCUT2D eigenvalue weighted by Crippen LogP contribution is -2.52. The molecule has 6 heteroatoms. The van der Waals surface area contributed by atoms with Gasteiger partial charge < -0.3 is 10.1 Å². The highest BCUT2D eigenvalue weighted by Gasteiger charge is 2.29. The molecular formula is C18H28N4O2. The van der Waals surface area contributed by atoms with Gasteiger partial charge in [-0.05, 0) is 44.7 Å². The minimum absolute atomic E-state index is 0.0361. The van der Waals surface area contributed by atoms with Gasteiger partial charge in [0, 0.05) is 25.2 Å². The maximum absolute atomic E-state index is 12.1. The van der Waals surface area contributed by atoms with Crippen LogP contribution in [0.15, 0.2) is 24.3 Å². The molecule has 0 saturated carbocycles. The van der Waals surface area contributed by atoms with E-state index in [1.54, 1.807) is 0 Å². The number of likely N-dealkylation sites (tertiary alicyclic amines) is 1. The van der Waals surface area contributed by atoms with Gasteiger partial charge >= 0.3 is 0 Å². The van der Waals surface area contributed by atoms with E-state index in [0.29, 0.717) is 12.2 Å². The minimum atomic E-state index is -0.0361. The number of aryl methyl sites for hydroxylation is 1. The Hall–Kier alpha value is -1.63. The first-order valence-electron chi connectivity index (χ1n) is 8.84. The Labute approximate surface area is 143 Å². The number of para-hydroxylation sites is 1. The van der Waals surface area contributed by atoms with Gasteiger partial charge in [0.15, 0.2) is 6.61 Å². The third kappa shape index (κ3) is 4.47. The van der Waals surface area contributed by atoms with Gasteiger partial charge in [0.1, 0.15) is 5.75 Å². The summed E-state index contributed by atoms with van der Waals surface area (Å²) < 4.78 is 5.61. The summed E-state index contributed by atoms with van der Waals surface area (Å²) in [6.45, 7) is 6.27. The van der Waals surface area contributed by atoms with E-state index in [2.05, 4.69) is 28.0 Å². The largest absolute Gasteiger partial charge is 0.484 e. The molecule has 1 aromatic rings. The number of hydrogen-bond donors (Lipinski definition) is 3. The molecule has 0 bridgehead atoms. The molecule has 132 valence electrons. The number of benzene rings is 1. The van der Waals surface area contributed by atoms with E-state index < -0.39 is 0 Å². The van der Waals surface area contributed by atoms with E-state index in [9.17, 15) is 4.79 Å². The number of carbonyl (C=O) groups excluding carboxylic acids is 1. The van der Waals surface area contributed by atoms with Crippen LogP contribution >= 0.6 is 0 Å². The van der Waals surface area contributed by atoms with Crippen LogP contribution in [0.5, 0.6) is 5.75 Å². The Balaban J connectivity index is 1.38. The smallest absolute Gasteiger partial charge is 0.258 e. The van der Waals surface area contributed by atoms with Crippen LogP contribution in [0.4, 0.5) is 0 Å². The van der Waals surface area contributed by atoms with Crippen molar-refractivity contribution in [1.82, 2.24) is 21.1 Å². The predicted octanol–water partition coefficient (Wildman–Crippen LogP) is 1.17. The van der Waals surface area contributed by atoms with Crippen LogP contribution < -0.4 is 20.9 Å². The van der Waals surface area contributed by atoms with E-state index >= 15 is 0 Å². The summed E-state index contributed by atoms with van der Waals surface area (Å²) in [5.74, 6) is 0.738. The zero-order valence-corrected chi connectivity index (χ0v) is 14.5. The highest BCUT2D eigenvalue weighted by atomic mass is 16.5. The fourth-order valence-corrected chi connectivity index (χ4v) is 3.42. The number of hydrazine groups is 1. The molecule has 6 nitrogen and oxygen atoms in total. The van der Waals surface area contributed by atoms with Crippen molar-refractivity contribution in [2.45, 2.75) is 51.4 Å². The number of carbonyl (C=O) groups is 1. The van der Waals surface area contributed by atoms with Crippen molar-refractivity contribution in [1.29, 1.82) is 0 Å². The van der Waals surface area contributed by atoms with Crippen molar-refractivity contribution in [2.75, 3.05) is 19.7 Å². The molecule has 3 rings (SSSR count). The fourth-order valence-electron chi connectivity index (χ4n) is 3.42. The van der Waals surface area contributed by atoms with Gasteiger partial charge in [0.2, 0.25) is 0 Å². The molecule has 2 atom stereocenters. The number of nitrogens with zero attached hydrogens (tertiary/aromatic N) is 1. The van der Waals surface area contributed by atoms with Gasteiger partial charge in [-0.15, -0.1) is 0 Å². The Bertz CT molecular complexity index is 558. The number of amides is 1. The van der Waals surface area contributed by atoms with E-state index in [1.165, 1.54) is 0 Å². The van der Waals surface area contributed by atoms with Crippen molar-refractivity contribution in [3.63, 3.8) is 0 Å². The summed E-state index contributed by atoms with van der Waals surface area (Å²) in [6, 6.07) is 8.53. The predicted molar refractivity (Wildman–Crippen MR) is 93.6 cm³/mol. The highest BCUT2D eigenvalue weighted by Crippen LogP contribution is 2.18. The molecule has 0 radical (unpaired) electrons. The quantitative estimate of drug-likeness (QED) is 0.755. The second-order valence-electron chi connectivity index (χ2n) is 6.87. The van der Waals surface area contributed by atoms with Crippen LogP contribution in [0, 0.1) is 6.92 Å². The Morgan fingerprint density at radius 1 is 1.29 bits per heavy atom. The molecule has 2 aliphatic heterocycles. The third-order valence-electron chi connectivity index (χ3n) is 4.86. The molecule has 24 heavy (non-hydrogen) atoms. The maximum atomic E-state index is 12.1. The van der Waals surface area contributed by atoms with Gasteiger partial charge in [-0.1, -0.05) is 18.2 Å². The molecule has 2 fully saturated rings. The second kappa shape index (κ2) is 7.96. The zero-order valence-electron chi connectivity index (χ0n) is 14.5. The molecule has 2 saturated heterocycles. The molecule has 2 unspecified atom stereocenters. The van der Waals surface area contributed by atoms with Crippen LogP contribution in [-0.4, -0.2) is 48.8 Å². The minimum Gasteiger partial charge on any atom is -0.484 e. The summed E-state index contributed by atoms with van der Waals surface area (Å²) in [5.41, 5.74) is 7.66. The molecule has 2 heterocycles. The van der Waals surface area contributed by atoms with Gasteiger partial charge in [0.25, 0.3) is 5.91 Å². The fraction of sp³-hybridized carbons (Fsp3) is 0.611. The Morgan fingerprint density at radius 3 is 2.71 bits per heavy atom. The van der Waals surface area contributed by atoms with Gasteiger partial charge in [-0.3, -0.25) is 15.1 Å². The van der Waals surface area contributed by atoms with Crippen LogP contribution in [0.25, 0.3) is 0 Å². The van der Waals surface area contributed by atoms with Crippen molar-refractivity contribution < 1.29 is 9.53 Å². The van der Waals surface area contributed by atoms with Crippen molar-refractivity contribution in [2.24, 2.45) is 0 Å². The molecular weight excluding hydrogens is 304 g/mol. The Morgan fingerprint density at radius 2 is 2.04 bits per heavy atom. The average Bonchev–Trinajstić information content (AvgIpc) is 3.01. The number of hydrogen-bond acceptors (Lipinski definition) is 5. The molecule has 0 spiro atoms. The standard InChI is InChI=1S/C18H28N4O2/c1-13-5-3-4-6-16(13)24-12-18(23)19-15-7-9-22(10-8-15)17-11-14(2)20-21-17/h3-6,14-15,17,20-21H,7-12H2,1-2H3,(H,19,23). The molecule has 0 aromatic heterocycles. The van der Waals surface area contributed by atoms with E-state index in [1.807, 2.05) is 31.2 Å². The lowest BCUT2D eigenvalue weighted by atomic mass is 10.0. The molecule has 2 aliphatic rings. The first kappa shape index (κ1) is 17.2. The molecule has 1 aromatic carbocycles. The SMILES string of the molecule is Cc1ccccc1OCC(=O)NC1CCN(C2CC(C)NN2)CC1. The summed E-state index contributed by atoms with van der Waals surface area (Å²) in [6.07, 6.45) is 3.52. The van der Waals surface area contributed by atoms with Gasteiger partial charge in [0.05, 0.1) is 6.17 Å². The van der Waals surface area contributed by atoms with E-state index in [4.69, 9.17) is 4.74 Å². The maximum Gasteiger partial charge on any atom is 0.258 e. The number of ether oxygens (including phenoxy) is 1. The van der Waals surface area contributed by atoms with Crippen molar-refractivity contribution in [3.8, 4) is 5.75 Å². The normalized spacial score (nSPS) is 25.6. The topological polar surface area (TPSA) is 65.6 Å². The highest BCUT2D eigenvalue weighted by molar-refractivity contribution is 5.77. The first-order chi connectivity index (χ1) is 11.6. The Kier molecular flexibility index (Phi) is 5.71. The van der Waals surface area contributed by atoms with Gasteiger partial charge in [-0.25, -0.2) is 5.43 Å². The number of piperidine rings is 1. The summed E-state index contributed by atoms with van der Waals surface area (Å²) in [7, 11) is 0. The molecule has 1 amide bonds. The number of rotatable bonds is 5. The summed E-state index contributed by atoms with van der Waals surface area (Å²) >= 11 is 0. The van der Waals surface area contributed by atoms with Crippen LogP contribution in [0.3, 0.4) is 0 Å². The summed E-state index contributed by atoms with van der Waals surface area (Å²) in [5, 5.41) is 3.10. The second-order valence-corrected chi connectivity index (χ2v) is 6.87. The third-order valence-corrected chi connectivity index (χ3v) is 4.86. The van der Waals surface area contributed by atoms with Crippen LogP contribution in [0.2, 0.25) is 0 Å². The van der Waals surface area contributed by atoms with Crippen LogP contribution in [0.1, 0.15) is 31.7 Å².